The molecule has 8 nitrogen and oxygen atoms in total. The Bertz CT molecular complexity index is 1640. The number of ketones is 1. The van der Waals surface area contributed by atoms with Crippen molar-refractivity contribution in [2.45, 2.75) is 58.3 Å². The maximum atomic E-state index is 13.6. The molecule has 0 saturated heterocycles. The van der Waals surface area contributed by atoms with Gasteiger partial charge in [-0.2, -0.15) is 0 Å². The van der Waals surface area contributed by atoms with Gasteiger partial charge in [-0.15, -0.1) is 0 Å². The van der Waals surface area contributed by atoms with E-state index in [9.17, 15) is 9.59 Å². The van der Waals surface area contributed by atoms with Crippen molar-refractivity contribution in [2.75, 3.05) is 20.3 Å². The molecule has 1 aliphatic carbocycles. The van der Waals surface area contributed by atoms with Crippen LogP contribution < -0.4 is 14.2 Å². The summed E-state index contributed by atoms with van der Waals surface area (Å²) in [4.78, 5) is 26.6. The first-order valence-electron chi connectivity index (χ1n) is 13.8. The van der Waals surface area contributed by atoms with Crippen LogP contribution in [0, 0.1) is 0 Å². The van der Waals surface area contributed by atoms with Crippen molar-refractivity contribution in [1.29, 1.82) is 0 Å². The van der Waals surface area contributed by atoms with Gasteiger partial charge in [0.2, 0.25) is 0 Å². The number of ether oxygens (including phenoxy) is 3. The van der Waals surface area contributed by atoms with Crippen LogP contribution in [0.25, 0.3) is 11.0 Å². The van der Waals surface area contributed by atoms with Crippen LogP contribution in [0.4, 0.5) is 0 Å². The highest BCUT2D eigenvalue weighted by Gasteiger charge is 2.41. The summed E-state index contributed by atoms with van der Waals surface area (Å²) < 4.78 is 23.3. The lowest BCUT2D eigenvalue weighted by Crippen LogP contribution is -2.29. The van der Waals surface area contributed by atoms with Crippen molar-refractivity contribution in [3.8, 4) is 17.2 Å². The molecule has 0 radical (unpaired) electrons. The van der Waals surface area contributed by atoms with Gasteiger partial charge in [0.15, 0.2) is 5.78 Å². The number of carbonyl (C=O) groups is 2. The third-order valence-corrected chi connectivity index (χ3v) is 7.65. The number of esters is 1. The molecule has 222 valence electrons. The van der Waals surface area contributed by atoms with Crippen LogP contribution in [0.2, 0.25) is 0 Å². The van der Waals surface area contributed by atoms with Crippen molar-refractivity contribution in [3.63, 3.8) is 0 Å². The number of furan rings is 1. The molecule has 0 amide bonds. The summed E-state index contributed by atoms with van der Waals surface area (Å²) in [7, 11) is 1.58. The van der Waals surface area contributed by atoms with Crippen molar-refractivity contribution in [2.24, 2.45) is 0 Å². The van der Waals surface area contributed by atoms with Crippen LogP contribution in [0.5, 0.6) is 17.2 Å². The molecule has 0 spiro atoms. The lowest BCUT2D eigenvalue weighted by molar-refractivity contribution is -0.133. The number of carbonyl (C=O) groups excluding carboxylic acids is 2. The largest absolute Gasteiger partial charge is 0.496 e. The lowest BCUT2D eigenvalue weighted by atomic mass is 9.71. The summed E-state index contributed by atoms with van der Waals surface area (Å²) in [6, 6.07) is 16.4. The molecule has 5 rings (SSSR count). The molecule has 0 unspecified atom stereocenters. The van der Waals surface area contributed by atoms with E-state index >= 15 is 0 Å². The monoisotopic (exact) mass is 574 g/mol. The van der Waals surface area contributed by atoms with Gasteiger partial charge in [-0.25, -0.2) is 0 Å². The summed E-state index contributed by atoms with van der Waals surface area (Å²) in [5.74, 6) is 1.61. The number of hydrogen-bond donors (Lipinski definition) is 1. The predicted molar refractivity (Wildman–Crippen MR) is 160 cm³/mol. The van der Waals surface area contributed by atoms with Gasteiger partial charge in [0.25, 0.3) is 0 Å². The Balaban J connectivity index is 0.00000405. The summed E-state index contributed by atoms with van der Waals surface area (Å²) >= 11 is 0. The van der Waals surface area contributed by atoms with Crippen molar-refractivity contribution >= 4 is 22.7 Å². The topological polar surface area (TPSA) is 127 Å². The number of aliphatic hydroxyl groups is 1. The van der Waals surface area contributed by atoms with Crippen molar-refractivity contribution in [3.05, 3.63) is 88.2 Å². The molecule has 8 heteroatoms. The molecule has 0 fully saturated rings. The number of methoxy groups -OCH3 is 1. The molecule has 1 heterocycles. The van der Waals surface area contributed by atoms with Gasteiger partial charge in [0.05, 0.1) is 25.7 Å². The molecule has 4 aromatic rings. The number of fused-ring (bicyclic) bond motifs is 4. The van der Waals surface area contributed by atoms with E-state index in [4.69, 9.17) is 23.7 Å². The summed E-state index contributed by atoms with van der Waals surface area (Å²) in [6.07, 6.45) is 0.570. The average Bonchev–Trinajstić information content (AvgIpc) is 3.32. The van der Waals surface area contributed by atoms with E-state index in [0.717, 1.165) is 16.7 Å². The van der Waals surface area contributed by atoms with Gasteiger partial charge in [-0.3, -0.25) is 9.59 Å². The zero-order valence-corrected chi connectivity index (χ0v) is 24.9. The molecule has 42 heavy (non-hydrogen) atoms. The van der Waals surface area contributed by atoms with Gasteiger partial charge in [-0.1, -0.05) is 32.9 Å². The van der Waals surface area contributed by atoms with E-state index in [2.05, 4.69) is 20.8 Å². The Hall–Kier alpha value is -4.14. The van der Waals surface area contributed by atoms with E-state index in [1.165, 1.54) is 0 Å². The molecule has 0 aliphatic heterocycles. The fraction of sp³-hybridized carbons (Fsp3) is 0.353. The van der Waals surface area contributed by atoms with Crippen LogP contribution in [0.1, 0.15) is 79.4 Å². The van der Waals surface area contributed by atoms with Crippen molar-refractivity contribution < 1.29 is 38.8 Å². The Kier molecular flexibility index (Phi) is 8.53. The van der Waals surface area contributed by atoms with Crippen LogP contribution in [0.3, 0.4) is 0 Å². The summed E-state index contributed by atoms with van der Waals surface area (Å²) in [6.45, 7) is 10.8. The van der Waals surface area contributed by atoms with E-state index < -0.39 is 11.4 Å². The summed E-state index contributed by atoms with van der Waals surface area (Å²) in [5.41, 5.74) is 3.57. The fourth-order valence-electron chi connectivity index (χ4n) is 5.35. The normalized spacial score (nSPS) is 13.6. The fourth-order valence-corrected chi connectivity index (χ4v) is 5.35. The zero-order valence-electron chi connectivity index (χ0n) is 24.9. The highest BCUT2D eigenvalue weighted by molar-refractivity contribution is 6.19. The van der Waals surface area contributed by atoms with Crippen LogP contribution >= 0.6 is 0 Å². The molecule has 0 bridgehead atoms. The van der Waals surface area contributed by atoms with E-state index in [-0.39, 0.29) is 29.7 Å². The molecular weight excluding hydrogens is 536 g/mol. The SMILES string of the molecule is COc1ccc(C(C)(C)C)cc1CC(=O)Oc1ccc2c3c(oc2c1)C(C)(C)c1cc(OCCCO)ccc1C3=O.O. The molecule has 0 atom stereocenters. The van der Waals surface area contributed by atoms with E-state index in [1.54, 1.807) is 37.4 Å². The maximum absolute atomic E-state index is 13.6. The van der Waals surface area contributed by atoms with Gasteiger partial charge in [0, 0.05) is 41.0 Å². The van der Waals surface area contributed by atoms with Gasteiger partial charge in [0.1, 0.15) is 28.6 Å². The Labute approximate surface area is 245 Å². The minimum atomic E-state index is -0.612. The molecule has 1 aliphatic rings. The van der Waals surface area contributed by atoms with Gasteiger partial charge < -0.3 is 29.2 Å². The molecule has 0 saturated carbocycles. The van der Waals surface area contributed by atoms with Crippen molar-refractivity contribution in [1.82, 2.24) is 0 Å². The van der Waals surface area contributed by atoms with Crippen LogP contribution in [-0.2, 0) is 22.0 Å². The predicted octanol–water partition coefficient (Wildman–Crippen LogP) is 5.69. The number of aliphatic hydroxyl groups excluding tert-OH is 1. The molecule has 3 N–H and O–H groups in total. The highest BCUT2D eigenvalue weighted by Crippen LogP contribution is 2.46. The quantitative estimate of drug-likeness (QED) is 0.163. The van der Waals surface area contributed by atoms with Gasteiger partial charge in [-0.05, 0) is 66.8 Å². The number of benzene rings is 3. The second-order valence-electron chi connectivity index (χ2n) is 12.0. The third-order valence-electron chi connectivity index (χ3n) is 7.65. The lowest BCUT2D eigenvalue weighted by Gasteiger charge is -2.30. The van der Waals surface area contributed by atoms with E-state index in [0.29, 0.717) is 58.1 Å². The first-order valence-corrected chi connectivity index (χ1v) is 13.8. The Morgan fingerprint density at radius 1 is 1.00 bits per heavy atom. The number of rotatable bonds is 8. The minimum absolute atomic E-state index is 0. The van der Waals surface area contributed by atoms with Gasteiger partial charge >= 0.3 is 5.97 Å². The first kappa shape index (κ1) is 30.8. The van der Waals surface area contributed by atoms with E-state index in [1.807, 2.05) is 38.1 Å². The molecule has 1 aromatic heterocycles. The maximum Gasteiger partial charge on any atom is 0.315 e. The highest BCUT2D eigenvalue weighted by atomic mass is 16.5. The zero-order chi connectivity index (χ0) is 29.5. The second kappa shape index (κ2) is 11.6. The Morgan fingerprint density at radius 3 is 2.43 bits per heavy atom. The molecular formula is C34H38O8. The Morgan fingerprint density at radius 2 is 1.74 bits per heavy atom. The minimum Gasteiger partial charge on any atom is -0.496 e. The first-order chi connectivity index (χ1) is 19.4. The number of hydrogen-bond acceptors (Lipinski definition) is 7. The van der Waals surface area contributed by atoms with Crippen LogP contribution in [-0.4, -0.2) is 42.7 Å². The summed E-state index contributed by atoms with van der Waals surface area (Å²) in [5, 5.41) is 9.73. The average molecular weight is 575 g/mol. The molecule has 3 aromatic carbocycles. The third kappa shape index (κ3) is 5.65. The standard InChI is InChI=1S/C34H36O7.H2O/c1-33(2,3)21-8-13-27(38-6)20(16-21)17-29(36)40-23-10-12-25-28(19-23)41-32-30(25)31(37)24-11-9-22(39-15-7-14-35)18-26(24)34(32,4)5;/h8-13,16,18-19,35H,7,14-15,17H2,1-6H3;1H2. The second-order valence-corrected chi connectivity index (χ2v) is 12.0. The smallest absolute Gasteiger partial charge is 0.315 e. The van der Waals surface area contributed by atoms with Crippen LogP contribution in [0.15, 0.2) is 59.0 Å².